The van der Waals surface area contributed by atoms with E-state index in [0.717, 1.165) is 13.2 Å². The third-order valence-electron chi connectivity index (χ3n) is 1.65. The third-order valence-corrected chi connectivity index (χ3v) is 1.65. The molecule has 1 aromatic rings. The Labute approximate surface area is 83.5 Å². The number of hydrogen-bond acceptors (Lipinski definition) is 5. The van der Waals surface area contributed by atoms with Gasteiger partial charge in [-0.2, -0.15) is 0 Å². The molecule has 0 fully saturated rings. The lowest BCUT2D eigenvalue weighted by Crippen LogP contribution is -2.09. The number of carbonyl (C=O) groups excluding carboxylic acids is 1. The van der Waals surface area contributed by atoms with E-state index in [0.29, 0.717) is 0 Å². The van der Waals surface area contributed by atoms with Crippen LogP contribution < -0.4 is 5.73 Å². The standard InChI is InChI=1S/C8H8F2N2O3/c1-15-8(14)6-4(13)2-3(11)5(12-6)7(9)10/h2,7,13H,11H2,1H3. The molecule has 3 N–H and O–H groups in total. The molecule has 7 heteroatoms. The fraction of sp³-hybridized carbons (Fsp3) is 0.250. The molecule has 15 heavy (non-hydrogen) atoms. The Bertz CT molecular complexity index is 396. The number of nitrogens with zero attached hydrogens (tertiary/aromatic N) is 1. The van der Waals surface area contributed by atoms with Gasteiger partial charge < -0.3 is 15.6 Å². The van der Waals surface area contributed by atoms with Crippen LogP contribution in [0.1, 0.15) is 22.6 Å². The Hall–Kier alpha value is -1.92. The summed E-state index contributed by atoms with van der Waals surface area (Å²) in [5.41, 5.74) is 3.46. The van der Waals surface area contributed by atoms with Gasteiger partial charge in [0.25, 0.3) is 6.43 Å². The molecular weight excluding hydrogens is 210 g/mol. The molecule has 0 aliphatic rings. The molecular formula is C8H8F2N2O3. The number of aromatic nitrogens is 1. The maximum atomic E-state index is 12.3. The highest BCUT2D eigenvalue weighted by atomic mass is 19.3. The van der Waals surface area contributed by atoms with E-state index in [1.165, 1.54) is 0 Å². The van der Waals surface area contributed by atoms with E-state index < -0.39 is 29.5 Å². The molecule has 5 nitrogen and oxygen atoms in total. The van der Waals surface area contributed by atoms with E-state index in [9.17, 15) is 18.7 Å². The summed E-state index contributed by atoms with van der Waals surface area (Å²) < 4.78 is 28.9. The van der Waals surface area contributed by atoms with Crippen molar-refractivity contribution in [1.29, 1.82) is 0 Å². The summed E-state index contributed by atoms with van der Waals surface area (Å²) in [5, 5.41) is 9.21. The number of esters is 1. The molecule has 0 amide bonds. The van der Waals surface area contributed by atoms with Crippen LogP contribution in [0.15, 0.2) is 6.07 Å². The number of methoxy groups -OCH3 is 1. The Morgan fingerprint density at radius 3 is 2.73 bits per heavy atom. The lowest BCUT2D eigenvalue weighted by molar-refractivity contribution is 0.0588. The van der Waals surface area contributed by atoms with Crippen LogP contribution >= 0.6 is 0 Å². The second kappa shape index (κ2) is 4.07. The molecule has 0 atom stereocenters. The average molecular weight is 218 g/mol. The maximum absolute atomic E-state index is 12.3. The SMILES string of the molecule is COC(=O)c1nc(C(F)F)c(N)cc1O. The van der Waals surface area contributed by atoms with Crippen molar-refractivity contribution < 1.29 is 23.4 Å². The summed E-state index contributed by atoms with van der Waals surface area (Å²) in [5.74, 6) is -1.60. The molecule has 0 spiro atoms. The normalized spacial score (nSPS) is 10.4. The summed E-state index contributed by atoms with van der Waals surface area (Å²) in [4.78, 5) is 14.2. The molecule has 1 rings (SSSR count). The lowest BCUT2D eigenvalue weighted by Gasteiger charge is -2.07. The number of anilines is 1. The van der Waals surface area contributed by atoms with Crippen molar-refractivity contribution in [1.82, 2.24) is 4.98 Å². The molecule has 1 heterocycles. The fourth-order valence-electron chi connectivity index (χ4n) is 0.954. The number of nitrogens with two attached hydrogens (primary N) is 1. The van der Waals surface area contributed by atoms with Gasteiger partial charge in [-0.25, -0.2) is 18.6 Å². The highest BCUT2D eigenvalue weighted by molar-refractivity contribution is 5.90. The number of pyridine rings is 1. The van der Waals surface area contributed by atoms with E-state index in [4.69, 9.17) is 5.73 Å². The fourth-order valence-corrected chi connectivity index (χ4v) is 0.954. The summed E-state index contributed by atoms with van der Waals surface area (Å²) in [6.07, 6.45) is -2.92. The largest absolute Gasteiger partial charge is 0.505 e. The first-order chi connectivity index (χ1) is 6.97. The summed E-state index contributed by atoms with van der Waals surface area (Å²) >= 11 is 0. The predicted molar refractivity (Wildman–Crippen MR) is 46.6 cm³/mol. The van der Waals surface area contributed by atoms with E-state index in [1.54, 1.807) is 0 Å². The van der Waals surface area contributed by atoms with E-state index in [2.05, 4.69) is 9.72 Å². The number of rotatable bonds is 2. The third kappa shape index (κ3) is 2.12. The number of alkyl halides is 2. The molecule has 0 bridgehead atoms. The number of hydrogen-bond donors (Lipinski definition) is 2. The molecule has 0 saturated carbocycles. The van der Waals surface area contributed by atoms with Gasteiger partial charge in [-0.3, -0.25) is 0 Å². The smallest absolute Gasteiger partial charge is 0.360 e. The molecule has 82 valence electrons. The number of ether oxygens (including phenoxy) is 1. The average Bonchev–Trinajstić information content (AvgIpc) is 2.16. The molecule has 0 unspecified atom stereocenters. The number of halogens is 2. The first kappa shape index (κ1) is 11.2. The number of aromatic hydroxyl groups is 1. The van der Waals surface area contributed by atoms with Crippen LogP contribution in [0.2, 0.25) is 0 Å². The van der Waals surface area contributed by atoms with Gasteiger partial charge >= 0.3 is 5.97 Å². The zero-order valence-corrected chi connectivity index (χ0v) is 7.70. The van der Waals surface area contributed by atoms with Gasteiger partial charge in [-0.05, 0) is 0 Å². The van der Waals surface area contributed by atoms with Crippen LogP contribution in [0.3, 0.4) is 0 Å². The van der Waals surface area contributed by atoms with Crippen LogP contribution in [-0.2, 0) is 4.74 Å². The van der Waals surface area contributed by atoms with Crippen LogP contribution in [0.25, 0.3) is 0 Å². The lowest BCUT2D eigenvalue weighted by atomic mass is 10.2. The zero-order valence-electron chi connectivity index (χ0n) is 7.70. The topological polar surface area (TPSA) is 85.4 Å². The first-order valence-electron chi connectivity index (χ1n) is 3.83. The van der Waals surface area contributed by atoms with E-state index in [1.807, 2.05) is 0 Å². The Morgan fingerprint density at radius 2 is 2.27 bits per heavy atom. The van der Waals surface area contributed by atoms with Crippen LogP contribution in [0, 0.1) is 0 Å². The van der Waals surface area contributed by atoms with Crippen molar-refractivity contribution >= 4 is 11.7 Å². The predicted octanol–water partition coefficient (Wildman–Crippen LogP) is 1.09. The van der Waals surface area contributed by atoms with Gasteiger partial charge in [0, 0.05) is 6.07 Å². The highest BCUT2D eigenvalue weighted by Gasteiger charge is 2.21. The van der Waals surface area contributed by atoms with E-state index in [-0.39, 0.29) is 5.69 Å². The van der Waals surface area contributed by atoms with Gasteiger partial charge in [0.15, 0.2) is 11.4 Å². The second-order valence-corrected chi connectivity index (χ2v) is 2.62. The second-order valence-electron chi connectivity index (χ2n) is 2.62. The number of carbonyl (C=O) groups is 1. The molecule has 0 saturated heterocycles. The van der Waals surface area contributed by atoms with Gasteiger partial charge in [-0.15, -0.1) is 0 Å². The summed E-state index contributed by atoms with van der Waals surface area (Å²) in [6, 6.07) is 0.834. The van der Waals surface area contributed by atoms with Crippen LogP contribution in [0.5, 0.6) is 5.75 Å². The minimum absolute atomic E-state index is 0.379. The zero-order chi connectivity index (χ0) is 11.6. The first-order valence-corrected chi connectivity index (χ1v) is 3.83. The van der Waals surface area contributed by atoms with Crippen molar-refractivity contribution in [3.05, 3.63) is 17.5 Å². The van der Waals surface area contributed by atoms with Crippen molar-refractivity contribution in [2.24, 2.45) is 0 Å². The Kier molecular flexibility index (Phi) is 3.03. The van der Waals surface area contributed by atoms with E-state index >= 15 is 0 Å². The van der Waals surface area contributed by atoms with Gasteiger partial charge in [0.05, 0.1) is 12.8 Å². The van der Waals surface area contributed by atoms with Crippen molar-refractivity contribution in [2.75, 3.05) is 12.8 Å². The molecule has 0 aliphatic heterocycles. The van der Waals surface area contributed by atoms with Crippen molar-refractivity contribution in [3.63, 3.8) is 0 Å². The Morgan fingerprint density at radius 1 is 1.67 bits per heavy atom. The molecule has 0 radical (unpaired) electrons. The minimum Gasteiger partial charge on any atom is -0.505 e. The van der Waals surface area contributed by atoms with Gasteiger partial charge in [-0.1, -0.05) is 0 Å². The molecule has 0 aliphatic carbocycles. The highest BCUT2D eigenvalue weighted by Crippen LogP contribution is 2.28. The number of nitrogen functional groups attached to an aromatic ring is 1. The van der Waals surface area contributed by atoms with Gasteiger partial charge in [0.2, 0.25) is 0 Å². The molecule has 0 aromatic carbocycles. The minimum atomic E-state index is -2.92. The maximum Gasteiger partial charge on any atom is 0.360 e. The summed E-state index contributed by atoms with van der Waals surface area (Å²) in [7, 11) is 1.04. The monoisotopic (exact) mass is 218 g/mol. The van der Waals surface area contributed by atoms with Crippen LogP contribution in [0.4, 0.5) is 14.5 Å². The van der Waals surface area contributed by atoms with Gasteiger partial charge in [0.1, 0.15) is 5.69 Å². The van der Waals surface area contributed by atoms with Crippen LogP contribution in [-0.4, -0.2) is 23.2 Å². The molecule has 1 aromatic heterocycles. The van der Waals surface area contributed by atoms with Crippen molar-refractivity contribution in [2.45, 2.75) is 6.43 Å². The quantitative estimate of drug-likeness (QED) is 0.726. The van der Waals surface area contributed by atoms with Crippen molar-refractivity contribution in [3.8, 4) is 5.75 Å². The Balaban J connectivity index is 3.29. The summed E-state index contributed by atoms with van der Waals surface area (Å²) in [6.45, 7) is 0.